The van der Waals surface area contributed by atoms with E-state index < -0.39 is 34.7 Å². The highest BCUT2D eigenvalue weighted by atomic mass is 32.2. The molecule has 0 aliphatic carbocycles. The topological polar surface area (TPSA) is 132 Å². The Labute approximate surface area is 244 Å². The number of carbonyl (C=O) groups excluding carboxylic acids is 3. The number of hydrogen-bond acceptors (Lipinski definition) is 7. The van der Waals surface area contributed by atoms with Crippen molar-refractivity contribution in [3.05, 3.63) is 95.3 Å². The summed E-state index contributed by atoms with van der Waals surface area (Å²) in [7, 11) is 0. The van der Waals surface area contributed by atoms with Crippen molar-refractivity contribution in [2.45, 2.75) is 56.5 Å². The van der Waals surface area contributed by atoms with Gasteiger partial charge in [-0.15, -0.1) is 11.8 Å². The van der Waals surface area contributed by atoms with Crippen molar-refractivity contribution in [1.29, 1.82) is 0 Å². The van der Waals surface area contributed by atoms with E-state index >= 15 is 0 Å². The van der Waals surface area contributed by atoms with Gasteiger partial charge in [0.15, 0.2) is 6.10 Å². The summed E-state index contributed by atoms with van der Waals surface area (Å²) in [6.45, 7) is 5.77. The fraction of sp³-hybridized carbons (Fsp3) is 0.355. The molecule has 1 aliphatic heterocycles. The molecular weight excluding hydrogens is 540 g/mol. The van der Waals surface area contributed by atoms with Crippen LogP contribution in [0.1, 0.15) is 41.0 Å². The van der Waals surface area contributed by atoms with Gasteiger partial charge in [-0.05, 0) is 57.0 Å². The predicted molar refractivity (Wildman–Crippen MR) is 158 cm³/mol. The number of benzene rings is 2. The van der Waals surface area contributed by atoms with Crippen LogP contribution in [0.5, 0.6) is 5.75 Å². The maximum absolute atomic E-state index is 13.8. The maximum Gasteiger partial charge on any atom is 0.254 e. The van der Waals surface area contributed by atoms with E-state index in [-0.39, 0.29) is 29.5 Å². The zero-order valence-corrected chi connectivity index (χ0v) is 24.2. The zero-order chi connectivity index (χ0) is 29.6. The minimum Gasteiger partial charge on any atom is -0.508 e. The number of phenols is 1. The standard InChI is InChI=1S/C31H36N4O5S/c1-20-23(13-9-14-25(20)36)28(38)34-24(18-21-10-5-4-6-11-21)26(37)30(40)35-19-41-31(2,3)27(35)29(39)33-17-15-22-12-7-8-16-32-22/h4-14,16,24,26-27,36-37H,15,17-19H2,1-3H3,(H,33,39)(H,34,38)/t24-,26-,27?/m0/s1. The van der Waals surface area contributed by atoms with Crippen LogP contribution in [0.3, 0.4) is 0 Å². The van der Waals surface area contributed by atoms with Gasteiger partial charge in [-0.2, -0.15) is 0 Å². The van der Waals surface area contributed by atoms with Crippen LogP contribution in [0, 0.1) is 6.92 Å². The Morgan fingerprint density at radius 2 is 1.80 bits per heavy atom. The summed E-state index contributed by atoms with van der Waals surface area (Å²) in [4.78, 5) is 46.1. The summed E-state index contributed by atoms with van der Waals surface area (Å²) in [5, 5.41) is 27.2. The van der Waals surface area contributed by atoms with Crippen LogP contribution in [0.4, 0.5) is 0 Å². The largest absolute Gasteiger partial charge is 0.508 e. The van der Waals surface area contributed by atoms with E-state index in [2.05, 4.69) is 15.6 Å². The van der Waals surface area contributed by atoms with Crippen molar-refractivity contribution >= 4 is 29.5 Å². The fourth-order valence-electron chi connectivity index (χ4n) is 4.94. The molecule has 10 heteroatoms. The number of aromatic hydroxyl groups is 1. The minimum absolute atomic E-state index is 0.0258. The van der Waals surface area contributed by atoms with Crippen LogP contribution in [0.15, 0.2) is 72.9 Å². The quantitative estimate of drug-likeness (QED) is 0.292. The molecule has 9 nitrogen and oxygen atoms in total. The summed E-state index contributed by atoms with van der Waals surface area (Å²) in [5.41, 5.74) is 2.30. The number of nitrogens with zero attached hydrogens (tertiary/aromatic N) is 2. The van der Waals surface area contributed by atoms with Crippen LogP contribution >= 0.6 is 11.8 Å². The predicted octanol–water partition coefficient (Wildman–Crippen LogP) is 2.84. The molecule has 4 N–H and O–H groups in total. The first kappa shape index (κ1) is 30.1. The van der Waals surface area contributed by atoms with Crippen molar-refractivity contribution in [2.24, 2.45) is 0 Å². The summed E-state index contributed by atoms with van der Waals surface area (Å²) >= 11 is 1.46. The number of thioether (sulfide) groups is 1. The third kappa shape index (κ3) is 7.25. The van der Waals surface area contributed by atoms with Gasteiger partial charge in [0.05, 0.1) is 11.9 Å². The van der Waals surface area contributed by atoms with Gasteiger partial charge in [0.2, 0.25) is 5.91 Å². The Balaban J connectivity index is 1.52. The molecule has 2 heterocycles. The van der Waals surface area contributed by atoms with Crippen LogP contribution in [0.25, 0.3) is 0 Å². The summed E-state index contributed by atoms with van der Waals surface area (Å²) in [6, 6.07) is 17.6. The van der Waals surface area contributed by atoms with Crippen LogP contribution in [0.2, 0.25) is 0 Å². The van der Waals surface area contributed by atoms with Crippen molar-refractivity contribution in [2.75, 3.05) is 12.4 Å². The monoisotopic (exact) mass is 576 g/mol. The second-order valence-electron chi connectivity index (χ2n) is 10.6. The number of rotatable bonds is 10. The van der Waals surface area contributed by atoms with Gasteiger partial charge in [-0.1, -0.05) is 42.5 Å². The molecular formula is C31H36N4O5S. The van der Waals surface area contributed by atoms with E-state index in [0.717, 1.165) is 11.3 Å². The molecule has 1 aliphatic rings. The molecule has 0 saturated carbocycles. The van der Waals surface area contributed by atoms with Gasteiger partial charge in [-0.3, -0.25) is 19.4 Å². The third-order valence-corrected chi connectivity index (χ3v) is 8.66. The lowest BCUT2D eigenvalue weighted by atomic mass is 9.96. The van der Waals surface area contributed by atoms with Crippen LogP contribution in [-0.2, 0) is 22.4 Å². The highest BCUT2D eigenvalue weighted by Crippen LogP contribution is 2.40. The number of carbonyl (C=O) groups is 3. The highest BCUT2D eigenvalue weighted by molar-refractivity contribution is 8.00. The van der Waals surface area contributed by atoms with Gasteiger partial charge in [0.25, 0.3) is 11.8 Å². The first-order chi connectivity index (χ1) is 19.6. The van der Waals surface area contributed by atoms with Gasteiger partial charge >= 0.3 is 0 Å². The molecule has 3 amide bonds. The van der Waals surface area contributed by atoms with Crippen LogP contribution < -0.4 is 10.6 Å². The van der Waals surface area contributed by atoms with E-state index in [1.54, 1.807) is 25.3 Å². The van der Waals surface area contributed by atoms with Gasteiger partial charge in [0.1, 0.15) is 11.8 Å². The summed E-state index contributed by atoms with van der Waals surface area (Å²) in [5.74, 6) is -1.27. The average molecular weight is 577 g/mol. The molecule has 1 unspecified atom stereocenters. The molecule has 2 aromatic carbocycles. The van der Waals surface area contributed by atoms with Crippen molar-refractivity contribution in [3.63, 3.8) is 0 Å². The second kappa shape index (κ2) is 13.2. The number of aliphatic hydroxyl groups is 1. The van der Waals surface area contributed by atoms with E-state index in [0.29, 0.717) is 18.5 Å². The van der Waals surface area contributed by atoms with Gasteiger partial charge in [0, 0.05) is 40.7 Å². The summed E-state index contributed by atoms with van der Waals surface area (Å²) < 4.78 is -0.596. The van der Waals surface area contributed by atoms with Crippen molar-refractivity contribution < 1.29 is 24.6 Å². The summed E-state index contributed by atoms with van der Waals surface area (Å²) in [6.07, 6.45) is 0.809. The minimum atomic E-state index is -1.62. The van der Waals surface area contributed by atoms with Gasteiger partial charge < -0.3 is 25.7 Å². The number of nitrogens with one attached hydrogen (secondary N) is 2. The second-order valence-corrected chi connectivity index (χ2v) is 12.2. The fourth-order valence-corrected chi connectivity index (χ4v) is 6.08. The SMILES string of the molecule is Cc1c(O)cccc1C(=O)N[C@@H](Cc1ccccc1)[C@H](O)C(=O)N1CSC(C)(C)C1C(=O)NCCc1ccccn1. The number of aromatic nitrogens is 1. The van der Waals surface area contributed by atoms with Gasteiger partial charge in [-0.25, -0.2) is 0 Å². The Bertz CT molecular complexity index is 1370. The number of hydrogen-bond donors (Lipinski definition) is 4. The first-order valence-corrected chi connectivity index (χ1v) is 14.5. The molecule has 216 valence electrons. The molecule has 3 atom stereocenters. The molecule has 0 spiro atoms. The molecule has 4 rings (SSSR count). The maximum atomic E-state index is 13.8. The highest BCUT2D eigenvalue weighted by Gasteiger charge is 2.49. The Morgan fingerprint density at radius 3 is 2.51 bits per heavy atom. The normalized spacial score (nSPS) is 17.5. The number of amides is 3. The smallest absolute Gasteiger partial charge is 0.254 e. The Morgan fingerprint density at radius 1 is 1.07 bits per heavy atom. The molecule has 3 aromatic rings. The lowest BCUT2D eigenvalue weighted by Gasteiger charge is -2.33. The number of aliphatic hydroxyl groups excluding tert-OH is 1. The van der Waals surface area contributed by atoms with Crippen LogP contribution in [-0.4, -0.2) is 73.2 Å². The number of pyridine rings is 1. The molecule has 41 heavy (non-hydrogen) atoms. The van der Waals surface area contributed by atoms with Crippen molar-refractivity contribution in [1.82, 2.24) is 20.5 Å². The lowest BCUT2D eigenvalue weighted by molar-refractivity contribution is -0.147. The first-order valence-electron chi connectivity index (χ1n) is 13.5. The third-order valence-electron chi connectivity index (χ3n) is 7.28. The average Bonchev–Trinajstić information content (AvgIpc) is 3.29. The van der Waals surface area contributed by atoms with E-state index in [9.17, 15) is 24.6 Å². The van der Waals surface area contributed by atoms with E-state index in [1.807, 2.05) is 62.4 Å². The lowest BCUT2D eigenvalue weighted by Crippen LogP contribution is -2.58. The molecule has 1 saturated heterocycles. The number of phenolic OH excluding ortho intramolecular Hbond substituents is 1. The Hall–Kier alpha value is -3.89. The zero-order valence-electron chi connectivity index (χ0n) is 23.4. The molecule has 1 fully saturated rings. The molecule has 0 radical (unpaired) electrons. The Kier molecular flexibility index (Phi) is 9.67. The molecule has 0 bridgehead atoms. The molecule has 1 aromatic heterocycles. The van der Waals surface area contributed by atoms with Crippen molar-refractivity contribution in [3.8, 4) is 5.75 Å². The van der Waals surface area contributed by atoms with E-state index in [4.69, 9.17) is 0 Å². The van der Waals surface area contributed by atoms with E-state index in [1.165, 1.54) is 22.7 Å².